The second-order valence-corrected chi connectivity index (χ2v) is 11.0. The van der Waals surface area contributed by atoms with Gasteiger partial charge in [0.15, 0.2) is 0 Å². The van der Waals surface area contributed by atoms with Crippen LogP contribution in [0.3, 0.4) is 0 Å². The molecule has 1 heterocycles. The van der Waals surface area contributed by atoms with Crippen LogP contribution in [0.5, 0.6) is 0 Å². The Hall–Kier alpha value is -4.27. The molecule has 1 amide bonds. The van der Waals surface area contributed by atoms with Gasteiger partial charge in [0.05, 0.1) is 25.3 Å². The van der Waals surface area contributed by atoms with Gasteiger partial charge in [-0.15, -0.1) is 0 Å². The monoisotopic (exact) mass is 577 g/mol. The number of rotatable bonds is 11. The molecule has 9 nitrogen and oxygen atoms in total. The number of Topliss-reactive ketones (excluding diaryl/α,β-unsaturated/α-hetero) is 1. The van der Waals surface area contributed by atoms with Crippen LogP contribution in [-0.4, -0.2) is 46.4 Å². The van der Waals surface area contributed by atoms with Crippen LogP contribution in [-0.2, 0) is 38.4 Å². The van der Waals surface area contributed by atoms with Gasteiger partial charge < -0.3 is 14.8 Å². The molecule has 1 aromatic heterocycles. The third-order valence-electron chi connectivity index (χ3n) is 5.80. The molecule has 0 unspecified atom stereocenters. The van der Waals surface area contributed by atoms with Crippen LogP contribution < -0.4 is 10.9 Å². The summed E-state index contributed by atoms with van der Waals surface area (Å²) in [5, 5.41) is 6.85. The lowest BCUT2D eigenvalue weighted by Crippen LogP contribution is -2.33. The lowest BCUT2D eigenvalue weighted by atomic mass is 10.0. The summed E-state index contributed by atoms with van der Waals surface area (Å²) in [6.45, 7) is 12.3. The highest BCUT2D eigenvalue weighted by atomic mass is 16.6. The number of ketones is 1. The molecule has 0 aliphatic carbocycles. The number of benzene rings is 2. The van der Waals surface area contributed by atoms with Gasteiger partial charge in [-0.3, -0.25) is 14.4 Å². The largest absolute Gasteiger partial charge is 0.466 e. The number of alkyl carbamates (subject to hydrolysis) is 1. The molecule has 0 bridgehead atoms. The molecule has 0 atom stereocenters. The van der Waals surface area contributed by atoms with Crippen LogP contribution in [0.15, 0.2) is 65.5 Å². The van der Waals surface area contributed by atoms with Gasteiger partial charge >= 0.3 is 12.1 Å². The highest BCUT2D eigenvalue weighted by molar-refractivity contribution is 5.80. The van der Waals surface area contributed by atoms with Gasteiger partial charge in [0.1, 0.15) is 11.4 Å². The fraction of sp³-hybridized carbons (Fsp3) is 0.424. The number of esters is 1. The highest BCUT2D eigenvalue weighted by Gasteiger charge is 2.15. The molecule has 226 valence electrons. The first kappa shape index (κ1) is 33.9. The number of nitrogens with zero attached hydrogens (tertiary/aromatic N) is 2. The topological polar surface area (TPSA) is 117 Å². The first-order chi connectivity index (χ1) is 19.8. The molecule has 42 heavy (non-hydrogen) atoms. The first-order valence-corrected chi connectivity index (χ1v) is 14.2. The summed E-state index contributed by atoms with van der Waals surface area (Å²) in [6.07, 6.45) is 1.34. The van der Waals surface area contributed by atoms with Crippen LogP contribution in [0.4, 0.5) is 4.79 Å². The van der Waals surface area contributed by atoms with E-state index in [4.69, 9.17) is 9.47 Å². The Balaban J connectivity index is 0.000000293. The molecule has 2 aromatic carbocycles. The summed E-state index contributed by atoms with van der Waals surface area (Å²) in [5.74, 6) is -0.0645. The lowest BCUT2D eigenvalue weighted by Gasteiger charge is -2.19. The maximum Gasteiger partial charge on any atom is 0.407 e. The second kappa shape index (κ2) is 16.9. The van der Waals surface area contributed by atoms with Crippen molar-refractivity contribution in [3.8, 4) is 0 Å². The number of hydrogen-bond acceptors (Lipinski definition) is 7. The number of nitrogens with one attached hydrogen (secondary N) is 1. The average Bonchev–Trinajstić information content (AvgIpc) is 2.90. The zero-order valence-electron chi connectivity index (χ0n) is 25.6. The van der Waals surface area contributed by atoms with Crippen molar-refractivity contribution in [1.29, 1.82) is 0 Å². The quantitative estimate of drug-likeness (QED) is 0.248. The van der Waals surface area contributed by atoms with E-state index in [1.165, 1.54) is 16.3 Å². The van der Waals surface area contributed by atoms with Crippen molar-refractivity contribution in [2.45, 2.75) is 79.4 Å². The van der Waals surface area contributed by atoms with Crippen LogP contribution in [0.2, 0.25) is 0 Å². The molecule has 1 N–H and O–H groups in total. The Kier molecular flexibility index (Phi) is 13.6. The van der Waals surface area contributed by atoms with E-state index in [1.807, 2.05) is 83.1 Å². The maximum absolute atomic E-state index is 11.8. The van der Waals surface area contributed by atoms with Gasteiger partial charge in [0.25, 0.3) is 5.56 Å². The van der Waals surface area contributed by atoms with E-state index in [2.05, 4.69) is 10.4 Å². The number of amides is 1. The molecular weight excluding hydrogens is 534 g/mol. The van der Waals surface area contributed by atoms with E-state index in [9.17, 15) is 19.2 Å². The van der Waals surface area contributed by atoms with Gasteiger partial charge in [0.2, 0.25) is 0 Å². The van der Waals surface area contributed by atoms with Crippen molar-refractivity contribution in [3.63, 3.8) is 0 Å². The predicted molar refractivity (Wildman–Crippen MR) is 162 cm³/mol. The highest BCUT2D eigenvalue weighted by Crippen LogP contribution is 2.09. The lowest BCUT2D eigenvalue weighted by molar-refractivity contribution is -0.142. The Bertz CT molecular complexity index is 1370. The molecular formula is C33H43N3O6. The van der Waals surface area contributed by atoms with Crippen molar-refractivity contribution in [2.24, 2.45) is 0 Å². The molecule has 0 spiro atoms. The van der Waals surface area contributed by atoms with E-state index in [1.54, 1.807) is 13.0 Å². The van der Waals surface area contributed by atoms with E-state index in [-0.39, 0.29) is 23.7 Å². The standard InChI is InChI=1S/C17H25NO3.C16H18N2O3/c1-13-7-9-14(10-8-13)12-15(19)6-5-11-18-16(20)21-17(2,3)4;1-3-21-16(20)10-13-5-4-6-14(9-13)11-18-15(19)8-7-12(2)17-18/h7-10H,5-6,11-12H2,1-4H3,(H,18,20);4-9H,3,10-11H2,1-2H3. The molecule has 3 aromatic rings. The number of aromatic nitrogens is 2. The fourth-order valence-electron chi connectivity index (χ4n) is 3.87. The minimum absolute atomic E-state index is 0.142. The molecule has 0 aliphatic rings. The van der Waals surface area contributed by atoms with Crippen LogP contribution in [0, 0.1) is 13.8 Å². The first-order valence-electron chi connectivity index (χ1n) is 14.2. The zero-order valence-corrected chi connectivity index (χ0v) is 25.6. The molecule has 9 heteroatoms. The third kappa shape index (κ3) is 13.9. The summed E-state index contributed by atoms with van der Waals surface area (Å²) in [4.78, 5) is 46.5. The normalized spacial score (nSPS) is 10.7. The summed E-state index contributed by atoms with van der Waals surface area (Å²) in [7, 11) is 0. The Morgan fingerprint density at radius 2 is 1.60 bits per heavy atom. The summed E-state index contributed by atoms with van der Waals surface area (Å²) < 4.78 is 11.5. The molecule has 0 aliphatic heterocycles. The third-order valence-corrected chi connectivity index (χ3v) is 5.80. The number of aryl methyl sites for hydroxylation is 2. The minimum Gasteiger partial charge on any atom is -0.466 e. The van der Waals surface area contributed by atoms with Crippen molar-refractivity contribution in [3.05, 3.63) is 99.0 Å². The summed E-state index contributed by atoms with van der Waals surface area (Å²) >= 11 is 0. The smallest absolute Gasteiger partial charge is 0.407 e. The van der Waals surface area contributed by atoms with Crippen LogP contribution >= 0.6 is 0 Å². The predicted octanol–water partition coefficient (Wildman–Crippen LogP) is 5.12. The van der Waals surface area contributed by atoms with Gasteiger partial charge in [-0.2, -0.15) is 5.10 Å². The van der Waals surface area contributed by atoms with Crippen molar-refractivity contribution in [1.82, 2.24) is 15.1 Å². The zero-order chi connectivity index (χ0) is 31.1. The van der Waals surface area contributed by atoms with Gasteiger partial charge in [0, 0.05) is 25.5 Å². The fourth-order valence-corrected chi connectivity index (χ4v) is 3.87. The Morgan fingerprint density at radius 1 is 0.905 bits per heavy atom. The second-order valence-electron chi connectivity index (χ2n) is 11.0. The van der Waals surface area contributed by atoms with Crippen molar-refractivity contribution >= 4 is 17.8 Å². The minimum atomic E-state index is -0.495. The van der Waals surface area contributed by atoms with E-state index in [0.717, 1.165) is 22.4 Å². The van der Waals surface area contributed by atoms with Gasteiger partial charge in [-0.25, -0.2) is 9.48 Å². The van der Waals surface area contributed by atoms with E-state index >= 15 is 0 Å². The summed E-state index contributed by atoms with van der Waals surface area (Å²) in [5.41, 5.74) is 4.17. The maximum atomic E-state index is 11.8. The van der Waals surface area contributed by atoms with Crippen LogP contribution in [0.1, 0.15) is 68.5 Å². The molecule has 0 saturated heterocycles. The molecule has 0 saturated carbocycles. The van der Waals surface area contributed by atoms with E-state index in [0.29, 0.717) is 39.0 Å². The number of carbonyl (C=O) groups is 3. The van der Waals surface area contributed by atoms with Gasteiger partial charge in [-0.1, -0.05) is 54.1 Å². The molecule has 0 fully saturated rings. The number of carbonyl (C=O) groups excluding carboxylic acids is 3. The molecule has 0 radical (unpaired) electrons. The van der Waals surface area contributed by atoms with Crippen molar-refractivity contribution < 1.29 is 23.9 Å². The van der Waals surface area contributed by atoms with Gasteiger partial charge in [-0.05, 0) is 70.7 Å². The number of hydrogen-bond donors (Lipinski definition) is 1. The Morgan fingerprint density at radius 3 is 2.26 bits per heavy atom. The Labute approximate surface area is 248 Å². The molecule has 3 rings (SSSR count). The average molecular weight is 578 g/mol. The number of ether oxygens (including phenoxy) is 2. The summed E-state index contributed by atoms with van der Waals surface area (Å²) in [6, 6.07) is 18.7. The van der Waals surface area contributed by atoms with Crippen LogP contribution in [0.25, 0.3) is 0 Å². The van der Waals surface area contributed by atoms with E-state index < -0.39 is 11.7 Å². The van der Waals surface area contributed by atoms with Crippen molar-refractivity contribution in [2.75, 3.05) is 13.2 Å². The SMILES string of the molecule is CCOC(=O)Cc1cccc(Cn2nc(C)ccc2=O)c1.Cc1ccc(CC(=O)CCCNC(=O)OC(C)(C)C)cc1.